The first kappa shape index (κ1) is 18.0. The molecule has 0 spiro atoms. The average Bonchev–Trinajstić information content (AvgIpc) is 2.29. The van der Waals surface area contributed by atoms with Crippen molar-refractivity contribution in [1.82, 2.24) is 5.32 Å². The Hall–Kier alpha value is -1.10. The molecule has 1 rings (SSSR count). The molecule has 0 amide bonds. The second-order valence-corrected chi connectivity index (χ2v) is 7.48. The maximum atomic E-state index is 12.1. The topological polar surface area (TPSA) is 75.6 Å². The van der Waals surface area contributed by atoms with Crippen LogP contribution in [0, 0.1) is 11.8 Å². The number of nitrogens with one attached hydrogen (secondary N) is 1. The van der Waals surface area contributed by atoms with Gasteiger partial charge in [-0.3, -0.25) is 9.59 Å². The van der Waals surface area contributed by atoms with Crippen LogP contribution in [0.2, 0.25) is 0 Å². The lowest BCUT2D eigenvalue weighted by atomic mass is 9.69. The van der Waals surface area contributed by atoms with E-state index in [4.69, 9.17) is 9.84 Å². The van der Waals surface area contributed by atoms with E-state index < -0.39 is 5.97 Å². The Morgan fingerprint density at radius 3 is 2.19 bits per heavy atom. The first-order valence-electron chi connectivity index (χ1n) is 7.65. The molecular formula is C16H29NO4. The van der Waals surface area contributed by atoms with E-state index in [0.29, 0.717) is 12.8 Å². The number of hydrogen-bond acceptors (Lipinski definition) is 4. The number of carboxylic acids is 1. The van der Waals surface area contributed by atoms with Gasteiger partial charge >= 0.3 is 11.9 Å². The number of piperidine rings is 1. The third kappa shape index (κ3) is 5.65. The fourth-order valence-electron chi connectivity index (χ4n) is 3.86. The highest BCUT2D eigenvalue weighted by Gasteiger charge is 2.42. The molecule has 1 atom stereocenters. The fourth-order valence-corrected chi connectivity index (χ4v) is 3.86. The van der Waals surface area contributed by atoms with Gasteiger partial charge in [-0.15, -0.1) is 0 Å². The minimum absolute atomic E-state index is 0.0362. The second-order valence-electron chi connectivity index (χ2n) is 7.48. The van der Waals surface area contributed by atoms with Crippen LogP contribution in [-0.2, 0) is 14.3 Å². The van der Waals surface area contributed by atoms with Gasteiger partial charge in [-0.05, 0) is 59.3 Å². The van der Waals surface area contributed by atoms with E-state index in [9.17, 15) is 9.59 Å². The highest BCUT2D eigenvalue weighted by Crippen LogP contribution is 2.39. The Morgan fingerprint density at radius 1 is 1.24 bits per heavy atom. The Morgan fingerprint density at radius 2 is 1.76 bits per heavy atom. The molecule has 1 heterocycles. The summed E-state index contributed by atoms with van der Waals surface area (Å²) >= 11 is 0. The number of methoxy groups -OCH3 is 1. The molecule has 0 aromatic carbocycles. The van der Waals surface area contributed by atoms with E-state index in [-0.39, 0.29) is 35.3 Å². The van der Waals surface area contributed by atoms with Crippen molar-refractivity contribution in [2.75, 3.05) is 7.11 Å². The van der Waals surface area contributed by atoms with Crippen molar-refractivity contribution in [3.05, 3.63) is 0 Å². The van der Waals surface area contributed by atoms with Crippen LogP contribution in [0.1, 0.15) is 59.8 Å². The molecular weight excluding hydrogens is 270 g/mol. The van der Waals surface area contributed by atoms with E-state index in [2.05, 4.69) is 33.0 Å². The molecule has 1 fully saturated rings. The largest absolute Gasteiger partial charge is 0.481 e. The van der Waals surface area contributed by atoms with Crippen LogP contribution in [0.4, 0.5) is 0 Å². The zero-order valence-electron chi connectivity index (χ0n) is 13.9. The molecule has 1 aliphatic heterocycles. The van der Waals surface area contributed by atoms with E-state index in [1.807, 2.05) is 0 Å². The van der Waals surface area contributed by atoms with E-state index in [1.165, 1.54) is 7.11 Å². The molecule has 0 bridgehead atoms. The average molecular weight is 299 g/mol. The lowest BCUT2D eigenvalue weighted by Gasteiger charge is -2.48. The fraction of sp³-hybridized carbons (Fsp3) is 0.875. The van der Waals surface area contributed by atoms with Crippen molar-refractivity contribution >= 4 is 11.9 Å². The van der Waals surface area contributed by atoms with Gasteiger partial charge in [0.05, 0.1) is 13.0 Å². The predicted octanol–water partition coefficient (Wildman–Crippen LogP) is 2.59. The third-order valence-electron chi connectivity index (χ3n) is 4.20. The van der Waals surface area contributed by atoms with Crippen LogP contribution in [0.3, 0.4) is 0 Å². The van der Waals surface area contributed by atoms with Gasteiger partial charge in [0.25, 0.3) is 0 Å². The van der Waals surface area contributed by atoms with Crippen molar-refractivity contribution in [3.63, 3.8) is 0 Å². The number of esters is 1. The maximum Gasteiger partial charge on any atom is 0.308 e. The zero-order chi connectivity index (χ0) is 16.3. The van der Waals surface area contributed by atoms with Crippen molar-refractivity contribution < 1.29 is 19.4 Å². The number of carbonyl (C=O) groups is 2. The molecule has 1 aliphatic rings. The van der Waals surface area contributed by atoms with Gasteiger partial charge in [0.2, 0.25) is 0 Å². The molecule has 2 N–H and O–H groups in total. The molecule has 0 aromatic rings. The van der Waals surface area contributed by atoms with Gasteiger partial charge in [0.1, 0.15) is 0 Å². The van der Waals surface area contributed by atoms with E-state index >= 15 is 0 Å². The summed E-state index contributed by atoms with van der Waals surface area (Å²) in [6.07, 6.45) is 2.98. The SMILES string of the molecule is COC(=O)C(CCCC(=O)O)C1CC(C)(C)NC(C)(C)C1. The Balaban J connectivity index is 2.81. The van der Waals surface area contributed by atoms with Crippen molar-refractivity contribution in [2.24, 2.45) is 11.8 Å². The minimum Gasteiger partial charge on any atom is -0.481 e. The molecule has 1 saturated heterocycles. The normalized spacial score (nSPS) is 22.5. The molecule has 5 nitrogen and oxygen atoms in total. The van der Waals surface area contributed by atoms with Gasteiger partial charge in [0.15, 0.2) is 0 Å². The molecule has 122 valence electrons. The van der Waals surface area contributed by atoms with Crippen LogP contribution in [-0.4, -0.2) is 35.2 Å². The van der Waals surface area contributed by atoms with Crippen molar-refractivity contribution in [3.8, 4) is 0 Å². The van der Waals surface area contributed by atoms with Gasteiger partial charge < -0.3 is 15.2 Å². The summed E-state index contributed by atoms with van der Waals surface area (Å²) < 4.78 is 4.95. The summed E-state index contributed by atoms with van der Waals surface area (Å²) in [6.45, 7) is 8.58. The van der Waals surface area contributed by atoms with Gasteiger partial charge in [-0.2, -0.15) is 0 Å². The Labute approximate surface area is 127 Å². The highest BCUT2D eigenvalue weighted by atomic mass is 16.5. The van der Waals surface area contributed by atoms with Crippen LogP contribution < -0.4 is 5.32 Å². The van der Waals surface area contributed by atoms with Gasteiger partial charge in [0, 0.05) is 17.5 Å². The summed E-state index contributed by atoms with van der Waals surface area (Å²) in [7, 11) is 1.41. The predicted molar refractivity (Wildman–Crippen MR) is 81.0 cm³/mol. The second kappa shape index (κ2) is 6.77. The van der Waals surface area contributed by atoms with Crippen LogP contribution >= 0.6 is 0 Å². The summed E-state index contributed by atoms with van der Waals surface area (Å²) in [5.41, 5.74) is -0.0724. The number of ether oxygens (including phenoxy) is 1. The number of carboxylic acid groups (broad SMARTS) is 1. The molecule has 5 heteroatoms. The molecule has 0 radical (unpaired) electrons. The first-order chi connectivity index (χ1) is 9.56. The number of carbonyl (C=O) groups excluding carboxylic acids is 1. The highest BCUT2D eigenvalue weighted by molar-refractivity contribution is 5.73. The molecule has 21 heavy (non-hydrogen) atoms. The molecule has 0 aromatic heterocycles. The third-order valence-corrected chi connectivity index (χ3v) is 4.20. The number of rotatable bonds is 6. The van der Waals surface area contributed by atoms with Crippen LogP contribution in [0.15, 0.2) is 0 Å². The zero-order valence-corrected chi connectivity index (χ0v) is 13.9. The summed E-state index contributed by atoms with van der Waals surface area (Å²) in [5, 5.41) is 12.4. The Kier molecular flexibility index (Phi) is 5.79. The summed E-state index contributed by atoms with van der Waals surface area (Å²) in [5.74, 6) is -1.02. The number of aliphatic carboxylic acids is 1. The molecule has 1 unspecified atom stereocenters. The van der Waals surface area contributed by atoms with Crippen molar-refractivity contribution in [2.45, 2.75) is 70.9 Å². The monoisotopic (exact) mass is 299 g/mol. The molecule has 0 aliphatic carbocycles. The van der Waals surface area contributed by atoms with Crippen LogP contribution in [0.5, 0.6) is 0 Å². The maximum absolute atomic E-state index is 12.1. The summed E-state index contributed by atoms with van der Waals surface area (Å²) in [4.78, 5) is 22.8. The lowest BCUT2D eigenvalue weighted by molar-refractivity contribution is -0.149. The molecule has 0 saturated carbocycles. The van der Waals surface area contributed by atoms with Gasteiger partial charge in [-0.25, -0.2) is 0 Å². The van der Waals surface area contributed by atoms with E-state index in [1.54, 1.807) is 0 Å². The standard InChI is InChI=1S/C16H29NO4/c1-15(2)9-11(10-16(3,4)17-15)12(14(20)21-5)7-6-8-13(18)19/h11-12,17H,6-10H2,1-5H3,(H,18,19). The lowest BCUT2D eigenvalue weighted by Crippen LogP contribution is -2.59. The number of hydrogen-bond donors (Lipinski definition) is 2. The smallest absolute Gasteiger partial charge is 0.308 e. The first-order valence-corrected chi connectivity index (χ1v) is 7.65. The summed E-state index contributed by atoms with van der Waals surface area (Å²) in [6, 6.07) is 0. The Bertz CT molecular complexity index is 374. The minimum atomic E-state index is -0.815. The van der Waals surface area contributed by atoms with E-state index in [0.717, 1.165) is 12.8 Å². The van der Waals surface area contributed by atoms with Gasteiger partial charge in [-0.1, -0.05) is 0 Å². The van der Waals surface area contributed by atoms with Crippen molar-refractivity contribution in [1.29, 1.82) is 0 Å². The van der Waals surface area contributed by atoms with Crippen LogP contribution in [0.25, 0.3) is 0 Å². The quantitative estimate of drug-likeness (QED) is 0.737.